The molecule has 0 saturated carbocycles. The molecular weight excluding hydrogens is 432 g/mol. The van der Waals surface area contributed by atoms with Gasteiger partial charge in [-0.15, -0.1) is 0 Å². The Bertz CT molecular complexity index is 923. The topological polar surface area (TPSA) is 84.5 Å². The Hall–Kier alpha value is -1.74. The number of halogens is 1. The van der Waals surface area contributed by atoms with Crippen LogP contribution in [-0.4, -0.2) is 33.6 Å². The number of nitrogens with one attached hydrogen (secondary N) is 2. The number of hydrogen-bond acceptors (Lipinski definition) is 4. The number of carbonyl (C=O) groups excluding carboxylic acids is 1. The lowest BCUT2D eigenvalue weighted by Crippen LogP contribution is -2.31. The Morgan fingerprint density at radius 1 is 1.22 bits per heavy atom. The second kappa shape index (κ2) is 8.52. The Labute approximate surface area is 167 Å². The molecule has 27 heavy (non-hydrogen) atoms. The van der Waals surface area contributed by atoms with Crippen LogP contribution in [0.4, 0.5) is 5.69 Å². The molecule has 1 heterocycles. The zero-order chi connectivity index (χ0) is 19.4. The third kappa shape index (κ3) is 5.16. The zero-order valence-corrected chi connectivity index (χ0v) is 17.3. The van der Waals surface area contributed by atoms with Gasteiger partial charge in [0.2, 0.25) is 10.0 Å². The molecule has 1 saturated heterocycles. The van der Waals surface area contributed by atoms with Gasteiger partial charge in [-0.1, -0.05) is 15.9 Å². The zero-order valence-electron chi connectivity index (χ0n) is 14.9. The first-order valence-electron chi connectivity index (χ1n) is 8.64. The molecule has 2 aromatic carbocycles. The van der Waals surface area contributed by atoms with E-state index in [1.165, 1.54) is 24.3 Å². The van der Waals surface area contributed by atoms with E-state index < -0.39 is 10.0 Å². The smallest absolute Gasteiger partial charge is 0.255 e. The summed E-state index contributed by atoms with van der Waals surface area (Å²) >= 11 is 3.42. The van der Waals surface area contributed by atoms with Crippen molar-refractivity contribution in [3.05, 3.63) is 58.1 Å². The molecule has 0 radical (unpaired) electrons. The van der Waals surface area contributed by atoms with Crippen molar-refractivity contribution in [2.75, 3.05) is 18.5 Å². The molecule has 3 rings (SSSR count). The van der Waals surface area contributed by atoms with Gasteiger partial charge < -0.3 is 10.1 Å². The summed E-state index contributed by atoms with van der Waals surface area (Å²) in [6.07, 6.45) is 1.74. The van der Waals surface area contributed by atoms with Crippen molar-refractivity contribution >= 4 is 37.5 Å². The number of carbonyl (C=O) groups is 1. The summed E-state index contributed by atoms with van der Waals surface area (Å²) in [7, 11) is -3.63. The summed E-state index contributed by atoms with van der Waals surface area (Å²) in [5.41, 5.74) is 2.07. The van der Waals surface area contributed by atoms with Gasteiger partial charge in [-0.25, -0.2) is 13.1 Å². The Morgan fingerprint density at radius 2 is 1.96 bits per heavy atom. The highest BCUT2D eigenvalue weighted by Crippen LogP contribution is 2.21. The summed E-state index contributed by atoms with van der Waals surface area (Å²) < 4.78 is 33.7. The van der Waals surface area contributed by atoms with Crippen LogP contribution in [0.15, 0.2) is 51.8 Å². The van der Waals surface area contributed by atoms with Crippen molar-refractivity contribution in [2.45, 2.75) is 30.8 Å². The largest absolute Gasteiger partial charge is 0.377 e. The molecule has 0 aliphatic carbocycles. The van der Waals surface area contributed by atoms with E-state index in [9.17, 15) is 13.2 Å². The van der Waals surface area contributed by atoms with Crippen LogP contribution >= 0.6 is 15.9 Å². The monoisotopic (exact) mass is 452 g/mol. The van der Waals surface area contributed by atoms with E-state index in [-0.39, 0.29) is 23.5 Å². The van der Waals surface area contributed by atoms with Crippen LogP contribution in [-0.2, 0) is 14.8 Å². The second-order valence-electron chi connectivity index (χ2n) is 6.43. The fourth-order valence-electron chi connectivity index (χ4n) is 2.80. The fraction of sp³-hybridized carbons (Fsp3) is 0.316. The molecule has 2 N–H and O–H groups in total. The number of anilines is 1. The van der Waals surface area contributed by atoms with Gasteiger partial charge in [0, 0.05) is 28.9 Å². The maximum Gasteiger partial charge on any atom is 0.255 e. The quantitative estimate of drug-likeness (QED) is 0.702. The van der Waals surface area contributed by atoms with Crippen LogP contribution in [0.1, 0.15) is 28.8 Å². The average molecular weight is 453 g/mol. The summed E-state index contributed by atoms with van der Waals surface area (Å²) in [5, 5.41) is 2.81. The first-order valence-corrected chi connectivity index (χ1v) is 10.9. The van der Waals surface area contributed by atoms with E-state index in [4.69, 9.17) is 4.74 Å². The molecule has 1 aliphatic heterocycles. The number of ether oxygens (including phenoxy) is 1. The van der Waals surface area contributed by atoms with Crippen molar-refractivity contribution < 1.29 is 17.9 Å². The summed E-state index contributed by atoms with van der Waals surface area (Å²) in [5.74, 6) is -0.298. The van der Waals surface area contributed by atoms with Gasteiger partial charge in [0.15, 0.2) is 0 Å². The third-order valence-corrected chi connectivity index (χ3v) is 6.70. The maximum absolute atomic E-state index is 12.4. The Morgan fingerprint density at radius 3 is 2.59 bits per heavy atom. The number of hydrogen-bond donors (Lipinski definition) is 2. The molecular formula is C19H21BrN2O4S. The van der Waals surface area contributed by atoms with E-state index in [0.29, 0.717) is 17.9 Å². The van der Waals surface area contributed by atoms with Crippen LogP contribution in [0.25, 0.3) is 0 Å². The van der Waals surface area contributed by atoms with Crippen LogP contribution < -0.4 is 10.0 Å². The lowest BCUT2D eigenvalue weighted by Gasteiger charge is -2.12. The summed E-state index contributed by atoms with van der Waals surface area (Å²) in [6, 6.07) is 11.4. The van der Waals surface area contributed by atoms with Gasteiger partial charge in [0.05, 0.1) is 11.0 Å². The molecule has 0 bridgehead atoms. The normalized spacial score (nSPS) is 17.0. The van der Waals surface area contributed by atoms with Crippen molar-refractivity contribution in [1.82, 2.24) is 4.72 Å². The number of amides is 1. The van der Waals surface area contributed by atoms with Crippen LogP contribution in [0.5, 0.6) is 0 Å². The number of sulfonamides is 1. The molecule has 1 aliphatic rings. The van der Waals surface area contributed by atoms with Crippen molar-refractivity contribution in [1.29, 1.82) is 0 Å². The SMILES string of the molecule is Cc1cc(NC(=O)c2ccc(S(=O)(=O)NC[C@@H]3CCCO3)cc2)ccc1Br. The molecule has 8 heteroatoms. The molecule has 0 aromatic heterocycles. The molecule has 144 valence electrons. The molecule has 0 spiro atoms. The van der Waals surface area contributed by atoms with E-state index >= 15 is 0 Å². The van der Waals surface area contributed by atoms with Gasteiger partial charge in [-0.2, -0.15) is 0 Å². The van der Waals surface area contributed by atoms with Gasteiger partial charge >= 0.3 is 0 Å². The molecule has 2 aromatic rings. The molecule has 1 fully saturated rings. The predicted octanol–water partition coefficient (Wildman–Crippen LogP) is 3.47. The minimum atomic E-state index is -3.63. The molecule has 1 atom stereocenters. The van der Waals surface area contributed by atoms with Gasteiger partial charge in [-0.05, 0) is 67.8 Å². The van der Waals surface area contributed by atoms with E-state index in [0.717, 1.165) is 22.9 Å². The van der Waals surface area contributed by atoms with Gasteiger partial charge in [0.25, 0.3) is 5.91 Å². The third-order valence-electron chi connectivity index (χ3n) is 4.37. The first kappa shape index (κ1) is 20.0. The van der Waals surface area contributed by atoms with E-state index in [2.05, 4.69) is 26.0 Å². The highest BCUT2D eigenvalue weighted by atomic mass is 79.9. The number of aryl methyl sites for hydroxylation is 1. The summed E-state index contributed by atoms with van der Waals surface area (Å²) in [6.45, 7) is 2.87. The predicted molar refractivity (Wildman–Crippen MR) is 107 cm³/mol. The lowest BCUT2D eigenvalue weighted by molar-refractivity contribution is 0.102. The van der Waals surface area contributed by atoms with Crippen molar-refractivity contribution in [3.63, 3.8) is 0 Å². The van der Waals surface area contributed by atoms with Gasteiger partial charge in [-0.3, -0.25) is 4.79 Å². The highest BCUT2D eigenvalue weighted by Gasteiger charge is 2.20. The van der Waals surface area contributed by atoms with Crippen molar-refractivity contribution in [3.8, 4) is 0 Å². The fourth-order valence-corrected chi connectivity index (χ4v) is 4.12. The first-order chi connectivity index (χ1) is 12.8. The number of benzene rings is 2. The summed E-state index contributed by atoms with van der Waals surface area (Å²) in [4.78, 5) is 12.5. The maximum atomic E-state index is 12.4. The molecule has 1 amide bonds. The lowest BCUT2D eigenvalue weighted by atomic mass is 10.2. The minimum absolute atomic E-state index is 0.0702. The van der Waals surface area contributed by atoms with E-state index in [1.54, 1.807) is 6.07 Å². The highest BCUT2D eigenvalue weighted by molar-refractivity contribution is 9.10. The molecule has 6 nitrogen and oxygen atoms in total. The van der Waals surface area contributed by atoms with Crippen LogP contribution in [0.2, 0.25) is 0 Å². The minimum Gasteiger partial charge on any atom is -0.377 e. The van der Waals surface area contributed by atoms with Gasteiger partial charge in [0.1, 0.15) is 0 Å². The Kier molecular flexibility index (Phi) is 6.31. The second-order valence-corrected chi connectivity index (χ2v) is 9.05. The standard InChI is InChI=1S/C19H21BrN2O4S/c1-13-11-15(6-9-18(13)20)22-19(23)14-4-7-17(8-5-14)27(24,25)21-12-16-3-2-10-26-16/h4-9,11,16,21H,2-3,10,12H2,1H3,(H,22,23)/t16-/m0/s1. The molecule has 0 unspecified atom stereocenters. The van der Waals surface area contributed by atoms with Crippen LogP contribution in [0.3, 0.4) is 0 Å². The Balaban J connectivity index is 1.64. The number of rotatable bonds is 6. The average Bonchev–Trinajstić information content (AvgIpc) is 3.17. The van der Waals surface area contributed by atoms with E-state index in [1.807, 2.05) is 19.1 Å². The van der Waals surface area contributed by atoms with Crippen molar-refractivity contribution in [2.24, 2.45) is 0 Å². The van der Waals surface area contributed by atoms with Crippen LogP contribution in [0, 0.1) is 6.92 Å².